The lowest BCUT2D eigenvalue weighted by Crippen LogP contribution is -2.43. The lowest BCUT2D eigenvalue weighted by Gasteiger charge is -2.26. The van der Waals surface area contributed by atoms with Crippen LogP contribution >= 0.6 is 23.7 Å². The Morgan fingerprint density at radius 3 is 2.38 bits per heavy atom. The van der Waals surface area contributed by atoms with E-state index in [0.717, 1.165) is 54.9 Å². The zero-order chi connectivity index (χ0) is 16.9. The van der Waals surface area contributed by atoms with Gasteiger partial charge >= 0.3 is 0 Å². The van der Waals surface area contributed by atoms with E-state index in [1.165, 1.54) is 5.56 Å². The molecular weight excluding hydrogens is 366 g/mol. The van der Waals surface area contributed by atoms with Crippen molar-refractivity contribution in [3.8, 4) is 11.5 Å². The summed E-state index contributed by atoms with van der Waals surface area (Å²) in [5.41, 5.74) is 2.38. The van der Waals surface area contributed by atoms with E-state index in [1.807, 2.05) is 42.5 Å². The van der Waals surface area contributed by atoms with Crippen LogP contribution in [0.5, 0.6) is 11.5 Å². The zero-order valence-corrected chi connectivity index (χ0v) is 16.1. The third kappa shape index (κ3) is 4.75. The summed E-state index contributed by atoms with van der Waals surface area (Å²) in [6.07, 6.45) is 0.855. The van der Waals surface area contributed by atoms with E-state index >= 15 is 0 Å². The van der Waals surface area contributed by atoms with Crippen LogP contribution in [0.1, 0.15) is 11.3 Å². The van der Waals surface area contributed by atoms with Gasteiger partial charge in [0.05, 0.1) is 5.69 Å². The summed E-state index contributed by atoms with van der Waals surface area (Å²) in [5.74, 6) is 1.71. The molecular formula is C20H22ClN3OS. The molecule has 0 atom stereocenters. The fourth-order valence-corrected chi connectivity index (χ4v) is 3.77. The van der Waals surface area contributed by atoms with Gasteiger partial charge in [0.25, 0.3) is 0 Å². The molecule has 4 nitrogen and oxygen atoms in total. The number of aromatic nitrogens is 1. The highest BCUT2D eigenvalue weighted by Crippen LogP contribution is 2.24. The Morgan fingerprint density at radius 2 is 1.65 bits per heavy atom. The summed E-state index contributed by atoms with van der Waals surface area (Å²) in [4.78, 5) is 7.17. The van der Waals surface area contributed by atoms with Gasteiger partial charge in [-0.05, 0) is 29.8 Å². The van der Waals surface area contributed by atoms with Gasteiger partial charge in [-0.25, -0.2) is 4.98 Å². The molecule has 0 unspecified atom stereocenters. The monoisotopic (exact) mass is 387 g/mol. The summed E-state index contributed by atoms with van der Waals surface area (Å²) in [7, 11) is 0. The number of hydrogen-bond acceptors (Lipinski definition) is 5. The maximum absolute atomic E-state index is 5.84. The Labute approximate surface area is 164 Å². The predicted molar refractivity (Wildman–Crippen MR) is 110 cm³/mol. The molecule has 6 heteroatoms. The fourth-order valence-electron chi connectivity index (χ4n) is 2.89. The number of halogens is 1. The van der Waals surface area contributed by atoms with Crippen LogP contribution in [-0.2, 0) is 6.42 Å². The van der Waals surface area contributed by atoms with Gasteiger partial charge in [-0.2, -0.15) is 0 Å². The van der Waals surface area contributed by atoms with Crippen LogP contribution < -0.4 is 15.0 Å². The highest BCUT2D eigenvalue weighted by Gasteiger charge is 2.14. The molecule has 0 amide bonds. The summed E-state index contributed by atoms with van der Waals surface area (Å²) in [6, 6.07) is 18.1. The van der Waals surface area contributed by atoms with Crippen LogP contribution in [0.15, 0.2) is 60.0 Å². The molecule has 2 heterocycles. The van der Waals surface area contributed by atoms with Crippen molar-refractivity contribution in [3.63, 3.8) is 0 Å². The minimum absolute atomic E-state index is 0. The van der Waals surface area contributed by atoms with Gasteiger partial charge in [-0.1, -0.05) is 30.3 Å². The van der Waals surface area contributed by atoms with Crippen molar-refractivity contribution >= 4 is 28.9 Å². The van der Waals surface area contributed by atoms with Gasteiger partial charge in [0.2, 0.25) is 0 Å². The van der Waals surface area contributed by atoms with Crippen LogP contribution in [0.2, 0.25) is 0 Å². The molecule has 1 aliphatic rings. The van der Waals surface area contributed by atoms with Crippen LogP contribution in [-0.4, -0.2) is 31.2 Å². The Morgan fingerprint density at radius 1 is 0.962 bits per heavy atom. The number of piperazine rings is 1. The Balaban J connectivity index is 0.00000196. The van der Waals surface area contributed by atoms with Crippen molar-refractivity contribution in [1.29, 1.82) is 0 Å². The molecule has 4 rings (SSSR count). The first-order chi connectivity index (χ1) is 12.4. The standard InChI is InChI=1S/C20H21N3OS.ClH/c1-2-4-18(5-3-1)24-19-8-6-16(7-9-19)14-17-15-25-20(22-17)23-12-10-21-11-13-23;/h1-9,15,21H,10-14H2;1H. The van der Waals surface area contributed by atoms with Gasteiger partial charge in [-0.3, -0.25) is 0 Å². The van der Waals surface area contributed by atoms with E-state index in [4.69, 9.17) is 9.72 Å². The summed E-state index contributed by atoms with van der Waals surface area (Å²) in [6.45, 7) is 4.16. The minimum Gasteiger partial charge on any atom is -0.457 e. The van der Waals surface area contributed by atoms with E-state index in [9.17, 15) is 0 Å². The highest BCUT2D eigenvalue weighted by molar-refractivity contribution is 7.13. The molecule has 0 spiro atoms. The number of para-hydroxylation sites is 1. The second-order valence-corrected chi connectivity index (χ2v) is 6.93. The molecule has 136 valence electrons. The lowest BCUT2D eigenvalue weighted by molar-refractivity contribution is 0.482. The average Bonchev–Trinajstić information content (AvgIpc) is 3.14. The predicted octanol–water partition coefficient (Wildman–Crippen LogP) is 4.36. The highest BCUT2D eigenvalue weighted by atomic mass is 35.5. The van der Waals surface area contributed by atoms with E-state index in [1.54, 1.807) is 11.3 Å². The number of thiazole rings is 1. The molecule has 2 aromatic carbocycles. The molecule has 0 radical (unpaired) electrons. The van der Waals surface area contributed by atoms with Crippen LogP contribution in [0.4, 0.5) is 5.13 Å². The normalized spacial score (nSPS) is 13.9. The number of rotatable bonds is 5. The number of nitrogens with zero attached hydrogens (tertiary/aromatic N) is 2. The van der Waals surface area contributed by atoms with Crippen LogP contribution in [0.25, 0.3) is 0 Å². The van der Waals surface area contributed by atoms with Gasteiger partial charge < -0.3 is 15.0 Å². The van der Waals surface area contributed by atoms with Crippen LogP contribution in [0.3, 0.4) is 0 Å². The van der Waals surface area contributed by atoms with E-state index in [-0.39, 0.29) is 12.4 Å². The molecule has 1 aliphatic heterocycles. The lowest BCUT2D eigenvalue weighted by atomic mass is 10.1. The Kier molecular flexibility index (Phi) is 6.50. The second-order valence-electron chi connectivity index (χ2n) is 6.09. The van der Waals surface area contributed by atoms with E-state index in [2.05, 4.69) is 27.7 Å². The Hall–Kier alpha value is -2.08. The first-order valence-corrected chi connectivity index (χ1v) is 9.47. The van der Waals surface area contributed by atoms with Crippen molar-refractivity contribution in [2.75, 3.05) is 31.1 Å². The number of ether oxygens (including phenoxy) is 1. The van der Waals surface area contributed by atoms with Crippen molar-refractivity contribution in [1.82, 2.24) is 10.3 Å². The average molecular weight is 388 g/mol. The molecule has 0 bridgehead atoms. The molecule has 0 saturated carbocycles. The molecule has 1 fully saturated rings. The largest absolute Gasteiger partial charge is 0.457 e. The van der Waals surface area contributed by atoms with Gasteiger partial charge in [-0.15, -0.1) is 23.7 Å². The Bertz CT molecular complexity index is 801. The topological polar surface area (TPSA) is 37.4 Å². The van der Waals surface area contributed by atoms with Crippen molar-refractivity contribution in [2.24, 2.45) is 0 Å². The van der Waals surface area contributed by atoms with Crippen molar-refractivity contribution in [3.05, 3.63) is 71.2 Å². The molecule has 1 N–H and O–H groups in total. The summed E-state index contributed by atoms with van der Waals surface area (Å²) < 4.78 is 5.84. The van der Waals surface area contributed by atoms with Gasteiger partial charge in [0.15, 0.2) is 5.13 Å². The second kappa shape index (κ2) is 9.03. The SMILES string of the molecule is Cl.c1ccc(Oc2ccc(Cc3csc(N4CCNCC4)n3)cc2)cc1. The zero-order valence-electron chi connectivity index (χ0n) is 14.4. The first-order valence-electron chi connectivity index (χ1n) is 8.59. The molecule has 3 aromatic rings. The first kappa shape index (κ1) is 18.7. The third-order valence-electron chi connectivity index (χ3n) is 4.21. The summed E-state index contributed by atoms with van der Waals surface area (Å²) >= 11 is 1.74. The van der Waals surface area contributed by atoms with Gasteiger partial charge in [0, 0.05) is 38.0 Å². The minimum atomic E-state index is 0. The van der Waals surface area contributed by atoms with Crippen molar-refractivity contribution in [2.45, 2.75) is 6.42 Å². The van der Waals surface area contributed by atoms with E-state index < -0.39 is 0 Å². The maximum Gasteiger partial charge on any atom is 0.185 e. The fraction of sp³-hybridized carbons (Fsp3) is 0.250. The maximum atomic E-state index is 5.84. The number of benzene rings is 2. The number of nitrogens with one attached hydrogen (secondary N) is 1. The smallest absolute Gasteiger partial charge is 0.185 e. The molecule has 0 aliphatic carbocycles. The quantitative estimate of drug-likeness (QED) is 0.705. The third-order valence-corrected chi connectivity index (χ3v) is 5.16. The summed E-state index contributed by atoms with van der Waals surface area (Å²) in [5, 5.41) is 6.69. The van der Waals surface area contributed by atoms with Crippen LogP contribution in [0, 0.1) is 0 Å². The molecule has 1 aromatic heterocycles. The number of hydrogen-bond donors (Lipinski definition) is 1. The number of anilines is 1. The van der Waals surface area contributed by atoms with Crippen molar-refractivity contribution < 1.29 is 4.74 Å². The molecule has 26 heavy (non-hydrogen) atoms. The van der Waals surface area contributed by atoms with E-state index in [0.29, 0.717) is 0 Å². The molecule has 1 saturated heterocycles. The van der Waals surface area contributed by atoms with Gasteiger partial charge in [0.1, 0.15) is 11.5 Å².